The lowest BCUT2D eigenvalue weighted by atomic mass is 9.90. The van der Waals surface area contributed by atoms with Crippen LogP contribution in [0.1, 0.15) is 76.1 Å². The van der Waals surface area contributed by atoms with Gasteiger partial charge in [-0.3, -0.25) is 19.2 Å². The Bertz CT molecular complexity index is 2390. The van der Waals surface area contributed by atoms with Gasteiger partial charge in [-0.05, 0) is 79.0 Å². The smallest absolute Gasteiger partial charge is 0.453 e. The van der Waals surface area contributed by atoms with E-state index in [0.29, 0.717) is 67.4 Å². The van der Waals surface area contributed by atoms with Crippen LogP contribution in [0.2, 0.25) is 0 Å². The van der Waals surface area contributed by atoms with Gasteiger partial charge in [0.1, 0.15) is 35.6 Å². The van der Waals surface area contributed by atoms with Crippen molar-refractivity contribution in [1.29, 1.82) is 0 Å². The van der Waals surface area contributed by atoms with Crippen LogP contribution >= 0.6 is 0 Å². The number of hydrogen-bond acceptors (Lipinski definition) is 11. The van der Waals surface area contributed by atoms with E-state index in [4.69, 9.17) is 9.47 Å². The van der Waals surface area contributed by atoms with Crippen LogP contribution in [-0.2, 0) is 23.9 Å². The minimum Gasteiger partial charge on any atom is -0.453 e. The first-order valence-electron chi connectivity index (χ1n) is 21.5. The minimum absolute atomic E-state index is 0.0888. The second-order valence-electron chi connectivity index (χ2n) is 17.7. The van der Waals surface area contributed by atoms with Crippen molar-refractivity contribution < 1.29 is 51.4 Å². The number of imidazole rings is 1. The van der Waals surface area contributed by atoms with Gasteiger partial charge in [-0.15, -0.1) is 13.2 Å². The molecule has 0 aliphatic carbocycles. The fourth-order valence-electron chi connectivity index (χ4n) is 8.35. The standard InChI is InChI=1S/C46H56F3N9O8/c1-27(2)38(56-43(63)65-7)41(61)57-26-44(3,4)22-34(57)39-53-24-33(55-39)29-11-9-28(10-12-29)32-15-13-30(21-35(32)66-46(47,48)49)40(60)54-31-14-16-36(52-23-31)50-18-19-51-42(62)45(5)17-8-20-58(45)37(59)25-64-6/h9-16,21,23-24,27,34,38H,8,17-20,22,25-26H2,1-7H3,(H,50,52)(H,51,62)(H,53,55)(H,54,60)(H,56,63)/t34-,38-,45-/m0/s1. The van der Waals surface area contributed by atoms with E-state index in [1.807, 2.05) is 13.8 Å². The molecule has 20 heteroatoms. The second kappa shape index (κ2) is 20.2. The lowest BCUT2D eigenvalue weighted by molar-refractivity contribution is -0.274. The molecule has 0 bridgehead atoms. The average Bonchev–Trinajstić information content (AvgIpc) is 4.01. The molecule has 0 unspecified atom stereocenters. The van der Waals surface area contributed by atoms with Crippen LogP contribution in [0.5, 0.6) is 5.75 Å². The normalized spacial score (nSPS) is 18.4. The maximum absolute atomic E-state index is 13.8. The van der Waals surface area contributed by atoms with Gasteiger partial charge in [0.15, 0.2) is 0 Å². The number of amides is 5. The SMILES string of the molecule is COCC(=O)N1CCC[C@@]1(C)C(=O)NCCNc1ccc(NC(=O)c2ccc(-c3ccc(-c4cnc([C@@H]5CC(C)(C)CN5C(=O)[C@@H](NC(=O)OC)C(C)C)[nH]4)cc3)c(OC(F)(F)F)c2)cn1. The summed E-state index contributed by atoms with van der Waals surface area (Å²) in [6.07, 6.45) is -0.913. The second-order valence-corrected chi connectivity index (χ2v) is 17.7. The van der Waals surface area contributed by atoms with E-state index >= 15 is 0 Å². The quantitative estimate of drug-likeness (QED) is 0.0764. The minimum atomic E-state index is -5.06. The molecule has 0 saturated carbocycles. The molecule has 2 saturated heterocycles. The molecular formula is C46H56F3N9O8. The summed E-state index contributed by atoms with van der Waals surface area (Å²) < 4.78 is 55.3. The Balaban J connectivity index is 1.09. The lowest BCUT2D eigenvalue weighted by Gasteiger charge is -2.33. The highest BCUT2D eigenvalue weighted by molar-refractivity contribution is 6.05. The third-order valence-corrected chi connectivity index (χ3v) is 11.7. The van der Waals surface area contributed by atoms with Gasteiger partial charge in [0, 0.05) is 44.4 Å². The van der Waals surface area contributed by atoms with E-state index < -0.39 is 41.7 Å². The largest absolute Gasteiger partial charge is 0.573 e. The molecule has 5 amide bonds. The number of carbonyl (C=O) groups excluding carboxylic acids is 5. The Morgan fingerprint density at radius 2 is 1.67 bits per heavy atom. The number of ether oxygens (including phenoxy) is 3. The third kappa shape index (κ3) is 11.6. The van der Waals surface area contributed by atoms with Gasteiger partial charge in [0.25, 0.3) is 5.91 Å². The van der Waals surface area contributed by atoms with Crippen molar-refractivity contribution in [2.45, 2.75) is 77.9 Å². The highest BCUT2D eigenvalue weighted by Crippen LogP contribution is 2.43. The molecule has 2 aromatic carbocycles. The molecule has 4 heterocycles. The summed E-state index contributed by atoms with van der Waals surface area (Å²) in [5.41, 5.74) is 0.728. The summed E-state index contributed by atoms with van der Waals surface area (Å²) in [5, 5.41) is 11.2. The number of aromatic amines is 1. The number of nitrogens with one attached hydrogen (secondary N) is 5. The summed E-state index contributed by atoms with van der Waals surface area (Å²) in [6.45, 7) is 10.9. The van der Waals surface area contributed by atoms with Gasteiger partial charge in [0.2, 0.25) is 17.7 Å². The topological polar surface area (TPSA) is 209 Å². The van der Waals surface area contributed by atoms with Crippen LogP contribution in [-0.4, -0.2) is 119 Å². The first-order valence-corrected chi connectivity index (χ1v) is 21.5. The number of rotatable bonds is 16. The molecule has 354 valence electrons. The van der Waals surface area contributed by atoms with Crippen molar-refractivity contribution in [3.63, 3.8) is 0 Å². The molecule has 2 aliphatic rings. The summed E-state index contributed by atoms with van der Waals surface area (Å²) >= 11 is 0. The van der Waals surface area contributed by atoms with Crippen LogP contribution < -0.4 is 26.0 Å². The number of benzene rings is 2. The first-order chi connectivity index (χ1) is 31.2. The van der Waals surface area contributed by atoms with E-state index in [2.05, 4.69) is 54.8 Å². The summed E-state index contributed by atoms with van der Waals surface area (Å²) in [6, 6.07) is 12.4. The van der Waals surface area contributed by atoms with Crippen molar-refractivity contribution in [1.82, 2.24) is 35.4 Å². The Morgan fingerprint density at radius 1 is 0.939 bits per heavy atom. The maximum atomic E-state index is 13.8. The van der Waals surface area contributed by atoms with Crippen LogP contribution in [0.15, 0.2) is 67.0 Å². The van der Waals surface area contributed by atoms with Crippen LogP contribution in [0, 0.1) is 11.3 Å². The van der Waals surface area contributed by atoms with E-state index in [1.54, 1.807) is 59.3 Å². The molecule has 66 heavy (non-hydrogen) atoms. The Labute approximate surface area is 380 Å². The lowest BCUT2D eigenvalue weighted by Crippen LogP contribution is -2.56. The van der Waals surface area contributed by atoms with E-state index in [0.717, 1.165) is 6.07 Å². The summed E-state index contributed by atoms with van der Waals surface area (Å²) in [7, 11) is 2.66. The number of carbonyl (C=O) groups is 5. The molecule has 0 spiro atoms. The maximum Gasteiger partial charge on any atom is 0.573 e. The molecular weight excluding hydrogens is 864 g/mol. The van der Waals surface area contributed by atoms with Gasteiger partial charge in [0.05, 0.1) is 36.9 Å². The van der Waals surface area contributed by atoms with Crippen molar-refractivity contribution >= 4 is 41.2 Å². The Kier molecular flexibility index (Phi) is 14.9. The number of H-pyrrole nitrogens is 1. The van der Waals surface area contributed by atoms with E-state index in [-0.39, 0.29) is 59.0 Å². The van der Waals surface area contributed by atoms with Crippen LogP contribution in [0.25, 0.3) is 22.4 Å². The number of pyridine rings is 1. The number of alkyl halides is 3. The monoisotopic (exact) mass is 919 g/mol. The fourth-order valence-corrected chi connectivity index (χ4v) is 8.35. The highest BCUT2D eigenvalue weighted by atomic mass is 19.4. The summed E-state index contributed by atoms with van der Waals surface area (Å²) in [4.78, 5) is 80.1. The first kappa shape index (κ1) is 48.7. The van der Waals surface area contributed by atoms with Crippen molar-refractivity contribution in [2.75, 3.05) is 57.6 Å². The molecule has 2 aromatic heterocycles. The molecule has 2 aliphatic heterocycles. The predicted octanol–water partition coefficient (Wildman–Crippen LogP) is 6.53. The predicted molar refractivity (Wildman–Crippen MR) is 238 cm³/mol. The molecule has 0 radical (unpaired) electrons. The molecule has 4 aromatic rings. The Hall–Kier alpha value is -6.70. The van der Waals surface area contributed by atoms with Crippen LogP contribution in [0.4, 0.5) is 29.5 Å². The number of halogens is 3. The number of nitrogens with zero attached hydrogens (tertiary/aromatic N) is 4. The van der Waals surface area contributed by atoms with Crippen molar-refractivity contribution in [2.24, 2.45) is 11.3 Å². The number of hydrogen-bond donors (Lipinski definition) is 5. The molecule has 17 nitrogen and oxygen atoms in total. The molecule has 6 rings (SSSR count). The molecule has 3 atom stereocenters. The number of anilines is 2. The number of alkyl carbamates (subject to hydrolysis) is 1. The summed E-state index contributed by atoms with van der Waals surface area (Å²) in [5.74, 6) is -1.28. The van der Waals surface area contributed by atoms with Crippen molar-refractivity contribution in [3.8, 4) is 28.1 Å². The zero-order valence-electron chi connectivity index (χ0n) is 37.9. The number of likely N-dealkylation sites (tertiary alicyclic amines) is 2. The Morgan fingerprint density at radius 3 is 2.32 bits per heavy atom. The van der Waals surface area contributed by atoms with Crippen molar-refractivity contribution in [3.05, 3.63) is 78.4 Å². The van der Waals surface area contributed by atoms with Gasteiger partial charge >= 0.3 is 12.5 Å². The fraction of sp³-hybridized carbons (Fsp3) is 0.457. The van der Waals surface area contributed by atoms with Gasteiger partial charge in [-0.25, -0.2) is 14.8 Å². The van der Waals surface area contributed by atoms with Gasteiger partial charge < -0.3 is 50.3 Å². The zero-order chi connectivity index (χ0) is 48.0. The van der Waals surface area contributed by atoms with Crippen LogP contribution in [0.3, 0.4) is 0 Å². The van der Waals surface area contributed by atoms with E-state index in [9.17, 15) is 37.1 Å². The third-order valence-electron chi connectivity index (χ3n) is 11.7. The number of methoxy groups -OCH3 is 2. The number of aromatic nitrogens is 3. The zero-order valence-corrected chi connectivity index (χ0v) is 37.9. The highest BCUT2D eigenvalue weighted by Gasteiger charge is 2.46. The van der Waals surface area contributed by atoms with Gasteiger partial charge in [-0.1, -0.05) is 52.0 Å². The molecule has 2 fully saturated rings. The van der Waals surface area contributed by atoms with Gasteiger partial charge in [-0.2, -0.15) is 0 Å². The average molecular weight is 920 g/mol. The van der Waals surface area contributed by atoms with E-state index in [1.165, 1.54) is 32.5 Å². The molecule has 5 N–H and O–H groups in total.